The minimum absolute atomic E-state index is 0.441. The van der Waals surface area contributed by atoms with E-state index in [9.17, 15) is 0 Å². The van der Waals surface area contributed by atoms with Crippen molar-refractivity contribution in [2.75, 3.05) is 13.7 Å². The molecule has 0 saturated heterocycles. The van der Waals surface area contributed by atoms with E-state index >= 15 is 0 Å². The van der Waals surface area contributed by atoms with Gasteiger partial charge in [0.25, 0.3) is 0 Å². The number of fused-ring (bicyclic) bond motifs is 1. The molecule has 0 aliphatic heterocycles. The summed E-state index contributed by atoms with van der Waals surface area (Å²) in [4.78, 5) is 0. The molecule has 0 fully saturated rings. The van der Waals surface area contributed by atoms with Crippen molar-refractivity contribution >= 4 is 34.0 Å². The summed E-state index contributed by atoms with van der Waals surface area (Å²) >= 11 is -1.92. The van der Waals surface area contributed by atoms with Crippen molar-refractivity contribution in [1.29, 1.82) is 0 Å². The van der Waals surface area contributed by atoms with E-state index in [-0.39, 0.29) is 0 Å². The molecule has 92 valence electrons. The number of rotatable bonds is 3. The first-order valence-corrected chi connectivity index (χ1v) is 11.6. The van der Waals surface area contributed by atoms with Gasteiger partial charge in [-0.2, -0.15) is 5.56 Å². The summed E-state index contributed by atoms with van der Waals surface area (Å²) in [5, 5.41) is 0. The molecule has 17 heavy (non-hydrogen) atoms. The third-order valence-electron chi connectivity index (χ3n) is 2.42. The Morgan fingerprint density at radius 1 is 1.29 bits per heavy atom. The second-order valence-corrected chi connectivity index (χ2v) is 11.2. The van der Waals surface area contributed by atoms with Crippen LogP contribution >= 0.6 is 27.9 Å². The average molecular weight is 327 g/mol. The van der Waals surface area contributed by atoms with Crippen molar-refractivity contribution in [2.45, 2.75) is 12.3 Å². The standard InChI is InChI=1S/C12H13O.3ClH.Ti/c1-13-9-8-11-7-6-10-4-2-3-5-12(10)11;;;;/h2-6,11H,8-9H2,1H3;3*1H;/q-1;;;;+4/p-3. The van der Waals surface area contributed by atoms with Gasteiger partial charge in [0.05, 0.1) is 0 Å². The third-order valence-corrected chi connectivity index (χ3v) is 2.42. The SMILES string of the molecule is COCCC1[C-]=Cc2ccccc21.[Cl][Ti+]([Cl])[Cl]. The maximum atomic E-state index is 5.06. The van der Waals surface area contributed by atoms with Gasteiger partial charge in [-0.1, -0.05) is 24.1 Å². The normalized spacial score (nSPS) is 16.1. The van der Waals surface area contributed by atoms with Crippen LogP contribution in [0.1, 0.15) is 23.5 Å². The molecule has 2 rings (SSSR count). The molecule has 1 aliphatic rings. The van der Waals surface area contributed by atoms with Gasteiger partial charge in [0.1, 0.15) is 0 Å². The zero-order valence-corrected chi connectivity index (χ0v) is 13.2. The van der Waals surface area contributed by atoms with Crippen LogP contribution in [0.2, 0.25) is 0 Å². The van der Waals surface area contributed by atoms with Gasteiger partial charge in [-0.3, -0.25) is 6.08 Å². The van der Waals surface area contributed by atoms with Crippen LogP contribution in [0.25, 0.3) is 6.08 Å². The van der Waals surface area contributed by atoms with E-state index in [4.69, 9.17) is 32.7 Å². The fourth-order valence-corrected chi connectivity index (χ4v) is 1.71. The fraction of sp³-hybridized carbons (Fsp3) is 0.333. The molecule has 0 bridgehead atoms. The minimum atomic E-state index is -1.92. The Labute approximate surface area is 120 Å². The third kappa shape index (κ3) is 5.78. The fourth-order valence-electron chi connectivity index (χ4n) is 1.71. The number of hydrogen-bond acceptors (Lipinski definition) is 1. The van der Waals surface area contributed by atoms with E-state index in [0.717, 1.165) is 13.0 Å². The van der Waals surface area contributed by atoms with Crippen molar-refractivity contribution in [2.24, 2.45) is 0 Å². The molecule has 1 aromatic carbocycles. The Hall–Kier alpha value is 0.504. The van der Waals surface area contributed by atoms with Gasteiger partial charge in [-0.05, 0) is 6.42 Å². The second-order valence-electron chi connectivity index (χ2n) is 3.49. The van der Waals surface area contributed by atoms with Gasteiger partial charge in [-0.15, -0.1) is 11.6 Å². The van der Waals surface area contributed by atoms with Crippen molar-refractivity contribution < 1.29 is 19.4 Å². The van der Waals surface area contributed by atoms with E-state index in [2.05, 4.69) is 36.4 Å². The predicted octanol–water partition coefficient (Wildman–Crippen LogP) is 4.70. The molecule has 1 unspecified atom stereocenters. The zero-order valence-electron chi connectivity index (χ0n) is 9.42. The maximum absolute atomic E-state index is 5.06. The number of methoxy groups -OCH3 is 1. The molecule has 1 aromatic rings. The molecule has 1 aliphatic carbocycles. The molecule has 0 spiro atoms. The molecule has 1 atom stereocenters. The van der Waals surface area contributed by atoms with Crippen molar-refractivity contribution in [3.05, 3.63) is 41.5 Å². The van der Waals surface area contributed by atoms with Gasteiger partial charge >= 0.3 is 42.6 Å². The van der Waals surface area contributed by atoms with E-state index in [0.29, 0.717) is 5.92 Å². The molecule has 0 heterocycles. The Morgan fingerprint density at radius 3 is 2.59 bits per heavy atom. The number of allylic oxidation sites excluding steroid dienone is 1. The number of ether oxygens (including phenoxy) is 1. The summed E-state index contributed by atoms with van der Waals surface area (Å²) in [7, 11) is 16.7. The molecular formula is C12H13Cl3OTi. The Morgan fingerprint density at radius 2 is 1.94 bits per heavy atom. The molecule has 0 N–H and O–H groups in total. The van der Waals surface area contributed by atoms with Gasteiger partial charge < -0.3 is 4.74 Å². The number of halogens is 3. The second kappa shape index (κ2) is 8.58. The van der Waals surface area contributed by atoms with E-state index in [1.807, 2.05) is 0 Å². The predicted molar refractivity (Wildman–Crippen MR) is 70.9 cm³/mol. The summed E-state index contributed by atoms with van der Waals surface area (Å²) in [5.74, 6) is 0.441. The monoisotopic (exact) mass is 326 g/mol. The van der Waals surface area contributed by atoms with Crippen LogP contribution in [-0.4, -0.2) is 13.7 Å². The molecule has 0 saturated carbocycles. The van der Waals surface area contributed by atoms with Crippen LogP contribution < -0.4 is 0 Å². The summed E-state index contributed by atoms with van der Waals surface area (Å²) in [6.07, 6.45) is 6.46. The molecule has 1 nitrogen and oxygen atoms in total. The summed E-state index contributed by atoms with van der Waals surface area (Å²) in [6.45, 7) is 0.805. The van der Waals surface area contributed by atoms with Gasteiger partial charge in [0.2, 0.25) is 0 Å². The molecule has 5 heteroatoms. The van der Waals surface area contributed by atoms with E-state index < -0.39 is 14.7 Å². The van der Waals surface area contributed by atoms with E-state index in [1.54, 1.807) is 7.11 Å². The molecule has 0 amide bonds. The van der Waals surface area contributed by atoms with Gasteiger partial charge in [-0.25, -0.2) is 6.08 Å². The van der Waals surface area contributed by atoms with Crippen LogP contribution in [0.5, 0.6) is 0 Å². The van der Waals surface area contributed by atoms with Crippen LogP contribution in [0.3, 0.4) is 0 Å². The Kier molecular flexibility index (Phi) is 7.85. The first kappa shape index (κ1) is 15.6. The quantitative estimate of drug-likeness (QED) is 0.577. The average Bonchev–Trinajstić information content (AvgIpc) is 2.69. The van der Waals surface area contributed by atoms with Crippen LogP contribution in [0, 0.1) is 6.08 Å². The Bertz CT molecular complexity index is 366. The zero-order chi connectivity index (χ0) is 12.7. The number of hydrogen-bond donors (Lipinski definition) is 0. The molecule has 0 aromatic heterocycles. The summed E-state index contributed by atoms with van der Waals surface area (Å²) in [5.41, 5.74) is 2.70. The van der Waals surface area contributed by atoms with Gasteiger partial charge in [0, 0.05) is 13.7 Å². The van der Waals surface area contributed by atoms with Gasteiger partial charge in [0.15, 0.2) is 0 Å². The summed E-state index contributed by atoms with van der Waals surface area (Å²) in [6, 6.07) is 8.45. The summed E-state index contributed by atoms with van der Waals surface area (Å²) < 4.78 is 5.06. The van der Waals surface area contributed by atoms with Crippen molar-refractivity contribution in [3.8, 4) is 0 Å². The van der Waals surface area contributed by atoms with Crippen LogP contribution in [0.4, 0.5) is 0 Å². The van der Waals surface area contributed by atoms with E-state index in [1.165, 1.54) is 11.1 Å². The first-order valence-electron chi connectivity index (χ1n) is 5.15. The number of benzene rings is 1. The first-order chi connectivity index (χ1) is 8.15. The topological polar surface area (TPSA) is 9.23 Å². The molecule has 0 radical (unpaired) electrons. The molecular weight excluding hydrogens is 314 g/mol. The van der Waals surface area contributed by atoms with Crippen molar-refractivity contribution in [3.63, 3.8) is 0 Å². The van der Waals surface area contributed by atoms with Crippen molar-refractivity contribution in [1.82, 2.24) is 0 Å². The Balaban J connectivity index is 0.000000317. The van der Waals surface area contributed by atoms with Crippen LogP contribution in [-0.2, 0) is 19.4 Å². The van der Waals surface area contributed by atoms with Crippen LogP contribution in [0.15, 0.2) is 24.3 Å².